The topological polar surface area (TPSA) is 61.8 Å². The third-order valence-corrected chi connectivity index (χ3v) is 4.69. The highest BCUT2D eigenvalue weighted by atomic mass is 32.1. The fraction of sp³-hybridized carbons (Fsp3) is 0.267. The number of nitrogens with zero attached hydrogens (tertiary/aromatic N) is 2. The molecular weight excluding hydrogens is 286 g/mol. The average Bonchev–Trinajstić information content (AvgIpc) is 2.96. The second-order valence-corrected chi connectivity index (χ2v) is 5.96. The Kier molecular flexibility index (Phi) is 3.25. The molecule has 6 heteroatoms. The minimum absolute atomic E-state index is 0.624. The molecule has 21 heavy (non-hydrogen) atoms. The van der Waals surface area contributed by atoms with Gasteiger partial charge < -0.3 is 15.2 Å². The number of imidazole rings is 1. The van der Waals surface area contributed by atoms with E-state index in [9.17, 15) is 0 Å². The predicted octanol–water partition coefficient (Wildman–Crippen LogP) is 3.28. The number of fused-ring (bicyclic) bond motifs is 1. The van der Waals surface area contributed by atoms with E-state index >= 15 is 0 Å². The number of hydrogen-bond donors (Lipinski definition) is 1. The fourth-order valence-corrected chi connectivity index (χ4v) is 3.35. The summed E-state index contributed by atoms with van der Waals surface area (Å²) in [5.74, 6) is 2.09. The molecule has 2 heterocycles. The third kappa shape index (κ3) is 2.03. The highest BCUT2D eigenvalue weighted by Gasteiger charge is 2.19. The van der Waals surface area contributed by atoms with Crippen LogP contribution >= 0.6 is 11.3 Å². The molecule has 2 aromatic heterocycles. The van der Waals surface area contributed by atoms with Gasteiger partial charge in [0, 0.05) is 16.1 Å². The normalized spacial score (nSPS) is 11.0. The fourth-order valence-electron chi connectivity index (χ4n) is 2.37. The number of rotatable bonds is 3. The van der Waals surface area contributed by atoms with Gasteiger partial charge in [-0.2, -0.15) is 0 Å². The van der Waals surface area contributed by atoms with E-state index in [0.29, 0.717) is 5.82 Å². The first-order valence-corrected chi connectivity index (χ1v) is 7.34. The minimum atomic E-state index is 0.624. The number of thiazole rings is 1. The van der Waals surface area contributed by atoms with Gasteiger partial charge in [-0.1, -0.05) is 0 Å². The number of aromatic nitrogens is 2. The summed E-state index contributed by atoms with van der Waals surface area (Å²) in [7, 11) is 3.27. The SMILES string of the molecule is COc1ccc(OC)c(-c2nc3sc(C)c(C)n3c2N)c1. The van der Waals surface area contributed by atoms with Crippen LogP contribution in [0.5, 0.6) is 11.5 Å². The molecule has 0 aliphatic rings. The van der Waals surface area contributed by atoms with Crippen molar-refractivity contribution in [1.82, 2.24) is 9.38 Å². The second kappa shape index (κ2) is 4.96. The molecule has 0 radical (unpaired) electrons. The van der Waals surface area contributed by atoms with Crippen molar-refractivity contribution in [2.24, 2.45) is 0 Å². The zero-order chi connectivity index (χ0) is 15.1. The number of methoxy groups -OCH3 is 2. The molecule has 0 unspecified atom stereocenters. The molecule has 0 saturated heterocycles. The van der Waals surface area contributed by atoms with E-state index < -0.39 is 0 Å². The lowest BCUT2D eigenvalue weighted by Gasteiger charge is -2.09. The van der Waals surface area contributed by atoms with Gasteiger partial charge in [-0.3, -0.25) is 4.40 Å². The quantitative estimate of drug-likeness (QED) is 0.806. The van der Waals surface area contributed by atoms with Crippen molar-refractivity contribution in [3.05, 3.63) is 28.8 Å². The van der Waals surface area contributed by atoms with E-state index in [1.807, 2.05) is 29.5 Å². The van der Waals surface area contributed by atoms with Crippen LogP contribution in [0.3, 0.4) is 0 Å². The first-order chi connectivity index (χ1) is 10.1. The number of anilines is 1. The standard InChI is InChI=1S/C15H17N3O2S/c1-8-9(2)21-15-17-13(14(16)18(8)15)11-7-10(19-3)5-6-12(11)20-4/h5-7H,16H2,1-4H3. The maximum atomic E-state index is 6.31. The van der Waals surface area contributed by atoms with Gasteiger partial charge in [-0.05, 0) is 32.0 Å². The molecule has 3 aromatic rings. The monoisotopic (exact) mass is 303 g/mol. The molecule has 0 bridgehead atoms. The van der Waals surface area contributed by atoms with Crippen molar-refractivity contribution >= 4 is 22.1 Å². The summed E-state index contributed by atoms with van der Waals surface area (Å²) in [6, 6.07) is 5.61. The Labute approximate surface area is 126 Å². The number of ether oxygens (including phenoxy) is 2. The Morgan fingerprint density at radius 1 is 1.19 bits per heavy atom. The van der Waals surface area contributed by atoms with Gasteiger partial charge in [0.1, 0.15) is 23.0 Å². The van der Waals surface area contributed by atoms with Crippen LogP contribution in [0.15, 0.2) is 18.2 Å². The van der Waals surface area contributed by atoms with Crippen LogP contribution in [0.4, 0.5) is 5.82 Å². The molecule has 2 N–H and O–H groups in total. The Balaban J connectivity index is 2.27. The van der Waals surface area contributed by atoms with Crippen LogP contribution in [0.1, 0.15) is 10.6 Å². The van der Waals surface area contributed by atoms with Gasteiger partial charge in [0.15, 0.2) is 4.96 Å². The van der Waals surface area contributed by atoms with Crippen molar-refractivity contribution in [3.8, 4) is 22.8 Å². The summed E-state index contributed by atoms with van der Waals surface area (Å²) in [4.78, 5) is 6.78. The van der Waals surface area contributed by atoms with Crippen LogP contribution in [-0.4, -0.2) is 23.6 Å². The lowest BCUT2D eigenvalue weighted by molar-refractivity contribution is 0.404. The molecule has 0 atom stereocenters. The molecule has 5 nitrogen and oxygen atoms in total. The Morgan fingerprint density at radius 3 is 2.57 bits per heavy atom. The summed E-state index contributed by atoms with van der Waals surface area (Å²) < 4.78 is 12.7. The number of nitrogen functional groups attached to an aromatic ring is 1. The van der Waals surface area contributed by atoms with Crippen molar-refractivity contribution < 1.29 is 9.47 Å². The van der Waals surface area contributed by atoms with E-state index in [1.165, 1.54) is 4.88 Å². The number of nitrogens with two attached hydrogens (primary N) is 1. The first-order valence-electron chi connectivity index (χ1n) is 6.53. The van der Waals surface area contributed by atoms with Crippen molar-refractivity contribution in [1.29, 1.82) is 0 Å². The number of benzene rings is 1. The first kappa shape index (κ1) is 13.8. The van der Waals surface area contributed by atoms with E-state index in [0.717, 1.165) is 33.4 Å². The Bertz CT molecular complexity index is 820. The van der Waals surface area contributed by atoms with Gasteiger partial charge in [0.25, 0.3) is 0 Å². The van der Waals surface area contributed by atoms with Crippen molar-refractivity contribution in [2.75, 3.05) is 20.0 Å². The Morgan fingerprint density at radius 2 is 1.95 bits per heavy atom. The van der Waals surface area contributed by atoms with Crippen LogP contribution in [0.25, 0.3) is 16.2 Å². The smallest absolute Gasteiger partial charge is 0.196 e. The molecular formula is C15H17N3O2S. The van der Waals surface area contributed by atoms with Gasteiger partial charge in [0.2, 0.25) is 0 Å². The highest BCUT2D eigenvalue weighted by Crippen LogP contribution is 2.38. The predicted molar refractivity (Wildman–Crippen MR) is 85.5 cm³/mol. The highest BCUT2D eigenvalue weighted by molar-refractivity contribution is 7.17. The summed E-state index contributed by atoms with van der Waals surface area (Å²) >= 11 is 1.63. The van der Waals surface area contributed by atoms with Crippen LogP contribution in [0, 0.1) is 13.8 Å². The Hall–Kier alpha value is -2.21. The molecule has 0 saturated carbocycles. The molecule has 0 amide bonds. The maximum Gasteiger partial charge on any atom is 0.196 e. The summed E-state index contributed by atoms with van der Waals surface area (Å²) in [5.41, 5.74) is 8.99. The van der Waals surface area contributed by atoms with E-state index in [2.05, 4.69) is 11.9 Å². The largest absolute Gasteiger partial charge is 0.497 e. The van der Waals surface area contributed by atoms with Crippen molar-refractivity contribution in [2.45, 2.75) is 13.8 Å². The summed E-state index contributed by atoms with van der Waals surface area (Å²) in [5, 5.41) is 0. The van der Waals surface area contributed by atoms with Crippen LogP contribution in [0.2, 0.25) is 0 Å². The van der Waals surface area contributed by atoms with Gasteiger partial charge in [-0.15, -0.1) is 11.3 Å². The van der Waals surface area contributed by atoms with Gasteiger partial charge in [-0.25, -0.2) is 4.98 Å². The molecule has 0 aliphatic heterocycles. The zero-order valence-electron chi connectivity index (χ0n) is 12.4. The number of hydrogen-bond acceptors (Lipinski definition) is 5. The minimum Gasteiger partial charge on any atom is -0.497 e. The van der Waals surface area contributed by atoms with Crippen molar-refractivity contribution in [3.63, 3.8) is 0 Å². The second-order valence-electron chi connectivity index (χ2n) is 4.77. The molecule has 1 aromatic carbocycles. The van der Waals surface area contributed by atoms with E-state index in [4.69, 9.17) is 15.2 Å². The van der Waals surface area contributed by atoms with Gasteiger partial charge >= 0.3 is 0 Å². The average molecular weight is 303 g/mol. The lowest BCUT2D eigenvalue weighted by atomic mass is 10.1. The molecule has 3 rings (SSSR count). The molecule has 0 spiro atoms. The van der Waals surface area contributed by atoms with Gasteiger partial charge in [0.05, 0.1) is 14.2 Å². The third-order valence-electron chi connectivity index (χ3n) is 3.63. The summed E-state index contributed by atoms with van der Waals surface area (Å²) in [6.45, 7) is 4.11. The number of aryl methyl sites for hydroxylation is 2. The van der Waals surface area contributed by atoms with E-state index in [-0.39, 0.29) is 0 Å². The molecule has 0 fully saturated rings. The van der Waals surface area contributed by atoms with Crippen LogP contribution in [-0.2, 0) is 0 Å². The van der Waals surface area contributed by atoms with Crippen LogP contribution < -0.4 is 15.2 Å². The molecule has 0 aliphatic carbocycles. The van der Waals surface area contributed by atoms with E-state index in [1.54, 1.807) is 25.6 Å². The summed E-state index contributed by atoms with van der Waals surface area (Å²) in [6.07, 6.45) is 0. The molecule has 110 valence electrons. The lowest BCUT2D eigenvalue weighted by Crippen LogP contribution is -1.97. The zero-order valence-corrected chi connectivity index (χ0v) is 13.2. The maximum absolute atomic E-state index is 6.31.